The summed E-state index contributed by atoms with van der Waals surface area (Å²) in [5.74, 6) is 0.871. The first-order valence-electron chi connectivity index (χ1n) is 9.68. The summed E-state index contributed by atoms with van der Waals surface area (Å²) in [6.45, 7) is 4.92. The second-order valence-corrected chi connectivity index (χ2v) is 6.89. The molecular weight excluding hydrogens is 383 g/mol. The van der Waals surface area contributed by atoms with E-state index >= 15 is 0 Å². The van der Waals surface area contributed by atoms with Crippen LogP contribution in [-0.4, -0.2) is 89.7 Å². The van der Waals surface area contributed by atoms with E-state index in [2.05, 4.69) is 4.90 Å². The van der Waals surface area contributed by atoms with E-state index in [1.165, 1.54) is 32.4 Å². The van der Waals surface area contributed by atoms with Crippen LogP contribution in [0.2, 0.25) is 0 Å². The van der Waals surface area contributed by atoms with Gasteiger partial charge in [-0.3, -0.25) is 19.4 Å². The Labute approximate surface area is 170 Å². The van der Waals surface area contributed by atoms with Crippen molar-refractivity contribution in [3.8, 4) is 5.75 Å². The maximum atomic E-state index is 13.4. The summed E-state index contributed by atoms with van der Waals surface area (Å²) in [4.78, 5) is 21.1. The molecule has 2 fully saturated rings. The van der Waals surface area contributed by atoms with Gasteiger partial charge in [0.1, 0.15) is 18.5 Å². The highest BCUT2D eigenvalue weighted by molar-refractivity contribution is 5.33. The second-order valence-electron chi connectivity index (χ2n) is 6.89. The van der Waals surface area contributed by atoms with Crippen molar-refractivity contribution >= 4 is 12.9 Å². The monoisotopic (exact) mass is 414 g/mol. The van der Waals surface area contributed by atoms with Crippen molar-refractivity contribution < 1.29 is 34.0 Å². The van der Waals surface area contributed by atoms with Crippen LogP contribution in [0.4, 0.5) is 4.39 Å². The predicted molar refractivity (Wildman–Crippen MR) is 106 cm³/mol. The Morgan fingerprint density at radius 1 is 1.07 bits per heavy atom. The minimum Gasteiger partial charge on any atom is -0.492 e. The van der Waals surface area contributed by atoms with E-state index in [1.807, 2.05) is 29.2 Å². The molecule has 0 aliphatic carbocycles. The van der Waals surface area contributed by atoms with Gasteiger partial charge in [-0.1, -0.05) is 18.6 Å². The molecule has 29 heavy (non-hydrogen) atoms. The van der Waals surface area contributed by atoms with Crippen molar-refractivity contribution in [1.29, 1.82) is 0 Å². The van der Waals surface area contributed by atoms with Gasteiger partial charge in [0.2, 0.25) is 0 Å². The Morgan fingerprint density at radius 3 is 2.31 bits per heavy atom. The quantitative estimate of drug-likeness (QED) is 0.600. The smallest absolute Gasteiger partial charge is 0.290 e. The Kier molecular flexibility index (Phi) is 12.6. The highest BCUT2D eigenvalue weighted by Crippen LogP contribution is 2.19. The molecule has 0 aromatic heterocycles. The molecule has 164 valence electrons. The molecule has 2 aliphatic rings. The molecule has 3 N–H and O–H groups in total. The number of benzene rings is 1. The molecule has 0 amide bonds. The maximum Gasteiger partial charge on any atom is 0.290 e. The third-order valence-electron chi connectivity index (χ3n) is 4.72. The number of nitrogens with zero attached hydrogens (tertiary/aromatic N) is 2. The van der Waals surface area contributed by atoms with Gasteiger partial charge in [0.25, 0.3) is 12.9 Å². The van der Waals surface area contributed by atoms with E-state index in [1.54, 1.807) is 0 Å². The molecule has 0 spiro atoms. The molecular formula is C20H31FN2O6. The van der Waals surface area contributed by atoms with Crippen LogP contribution in [0.5, 0.6) is 5.75 Å². The van der Waals surface area contributed by atoms with Gasteiger partial charge in [0.05, 0.1) is 6.10 Å². The van der Waals surface area contributed by atoms with Gasteiger partial charge in [-0.15, -0.1) is 0 Å². The Bertz CT molecular complexity index is 570. The minimum atomic E-state index is -1.13. The number of hydrogen-bond acceptors (Lipinski definition) is 6. The summed E-state index contributed by atoms with van der Waals surface area (Å²) in [6, 6.07) is 7.99. The third kappa shape index (κ3) is 10.2. The summed E-state index contributed by atoms with van der Waals surface area (Å²) in [7, 11) is 0. The molecule has 0 unspecified atom stereocenters. The molecule has 8 nitrogen and oxygen atoms in total. The largest absolute Gasteiger partial charge is 0.492 e. The average molecular weight is 414 g/mol. The fourth-order valence-electron chi connectivity index (χ4n) is 3.42. The lowest BCUT2D eigenvalue weighted by atomic mass is 10.1. The fraction of sp³-hybridized carbons (Fsp3) is 0.600. The number of piperidine rings is 1. The average Bonchev–Trinajstić information content (AvgIpc) is 3.01. The number of β-amino-alcohol motifs (C(OH)–C–C–N with tert-alkyl or cyclic N) is 1. The number of hydrogen-bond donors (Lipinski definition) is 3. The number of aliphatic hydroxyl groups is 1. The fourth-order valence-corrected chi connectivity index (χ4v) is 3.42. The number of rotatable bonds is 6. The molecule has 2 saturated heterocycles. The molecule has 3 rings (SSSR count). The van der Waals surface area contributed by atoms with Crippen molar-refractivity contribution in [3.05, 3.63) is 29.8 Å². The van der Waals surface area contributed by atoms with Crippen molar-refractivity contribution in [2.45, 2.75) is 38.1 Å². The van der Waals surface area contributed by atoms with Crippen LogP contribution in [-0.2, 0) is 16.1 Å². The zero-order valence-electron chi connectivity index (χ0n) is 16.5. The first-order valence-corrected chi connectivity index (χ1v) is 9.68. The topological polar surface area (TPSA) is 111 Å². The van der Waals surface area contributed by atoms with Gasteiger partial charge >= 0.3 is 0 Å². The van der Waals surface area contributed by atoms with Crippen LogP contribution in [0.15, 0.2) is 24.3 Å². The number of alkyl halides is 1. The van der Waals surface area contributed by atoms with Gasteiger partial charge in [0, 0.05) is 26.2 Å². The van der Waals surface area contributed by atoms with Gasteiger partial charge in [-0.2, -0.15) is 0 Å². The first-order chi connectivity index (χ1) is 14.0. The van der Waals surface area contributed by atoms with Gasteiger partial charge in [-0.25, -0.2) is 4.39 Å². The van der Waals surface area contributed by atoms with Crippen molar-refractivity contribution in [1.82, 2.24) is 9.80 Å². The zero-order valence-corrected chi connectivity index (χ0v) is 16.5. The van der Waals surface area contributed by atoms with Gasteiger partial charge in [0.15, 0.2) is 0 Å². The number of carbonyl (C=O) groups is 2. The number of ether oxygens (including phenoxy) is 1. The third-order valence-corrected chi connectivity index (χ3v) is 4.72. The lowest BCUT2D eigenvalue weighted by Crippen LogP contribution is -2.33. The summed E-state index contributed by atoms with van der Waals surface area (Å²) < 4.78 is 19.2. The lowest BCUT2D eigenvalue weighted by molar-refractivity contribution is -0.123. The standard InChI is InChI=1S/C18H27FN2O2.2CH2O2/c19-17-13-21(14-18(17)22)12-15-5-4-6-16(11-15)23-10-9-20-7-2-1-3-8-20;2*2-1-3/h4-6,11,17-18,22H,1-3,7-10,12-14H2;2*1H,(H,2,3)/t17-,18-;;/m1../s1. The molecule has 9 heteroatoms. The normalized spacial score (nSPS) is 21.9. The van der Waals surface area contributed by atoms with Gasteiger partial charge < -0.3 is 20.1 Å². The summed E-state index contributed by atoms with van der Waals surface area (Å²) in [5, 5.41) is 23.3. The van der Waals surface area contributed by atoms with E-state index in [-0.39, 0.29) is 12.9 Å². The minimum absolute atomic E-state index is 0.250. The number of aliphatic hydroxyl groups excluding tert-OH is 1. The van der Waals surface area contributed by atoms with Crippen LogP contribution in [0.1, 0.15) is 24.8 Å². The van der Waals surface area contributed by atoms with Crippen LogP contribution in [0, 0.1) is 0 Å². The zero-order chi connectivity index (χ0) is 21.5. The first kappa shape index (κ1) is 24.8. The molecule has 1 aromatic carbocycles. The van der Waals surface area contributed by atoms with E-state index in [4.69, 9.17) is 24.5 Å². The van der Waals surface area contributed by atoms with Crippen molar-refractivity contribution in [2.75, 3.05) is 39.3 Å². The molecule has 2 heterocycles. The lowest BCUT2D eigenvalue weighted by Gasteiger charge is -2.26. The maximum absolute atomic E-state index is 13.4. The second kappa shape index (κ2) is 14.7. The van der Waals surface area contributed by atoms with Crippen LogP contribution in [0.25, 0.3) is 0 Å². The van der Waals surface area contributed by atoms with Gasteiger partial charge in [-0.05, 0) is 43.6 Å². The van der Waals surface area contributed by atoms with E-state index < -0.39 is 12.3 Å². The summed E-state index contributed by atoms with van der Waals surface area (Å²) in [6.07, 6.45) is 1.97. The Hall–Kier alpha value is -2.23. The van der Waals surface area contributed by atoms with E-state index in [0.717, 1.165) is 17.9 Å². The molecule has 0 radical (unpaired) electrons. The molecule has 1 aromatic rings. The van der Waals surface area contributed by atoms with Crippen molar-refractivity contribution in [2.24, 2.45) is 0 Å². The molecule has 0 bridgehead atoms. The Balaban J connectivity index is 0.000000626. The summed E-state index contributed by atoms with van der Waals surface area (Å²) in [5.41, 5.74) is 1.10. The Morgan fingerprint density at radius 2 is 1.72 bits per heavy atom. The van der Waals surface area contributed by atoms with Crippen LogP contribution >= 0.6 is 0 Å². The SMILES string of the molecule is O=CO.O=CO.O[C@@H]1CN(Cc2cccc(OCCN3CCCCC3)c2)C[C@H]1F. The number of likely N-dealkylation sites (tertiary alicyclic amines) is 2. The highest BCUT2D eigenvalue weighted by atomic mass is 19.1. The van der Waals surface area contributed by atoms with Crippen LogP contribution in [0.3, 0.4) is 0 Å². The number of halogens is 1. The predicted octanol–water partition coefficient (Wildman–Crippen LogP) is 1.47. The number of carboxylic acid groups (broad SMARTS) is 2. The van der Waals surface area contributed by atoms with E-state index in [0.29, 0.717) is 26.2 Å². The highest BCUT2D eigenvalue weighted by Gasteiger charge is 2.30. The molecule has 0 saturated carbocycles. The van der Waals surface area contributed by atoms with Crippen LogP contribution < -0.4 is 4.74 Å². The molecule has 2 aliphatic heterocycles. The summed E-state index contributed by atoms with van der Waals surface area (Å²) >= 11 is 0. The van der Waals surface area contributed by atoms with E-state index in [9.17, 15) is 9.50 Å². The van der Waals surface area contributed by atoms with Crippen molar-refractivity contribution in [3.63, 3.8) is 0 Å². The molecule has 2 atom stereocenters.